The van der Waals surface area contributed by atoms with Gasteiger partial charge in [-0.3, -0.25) is 9.59 Å². The molecule has 2 heterocycles. The van der Waals surface area contributed by atoms with Gasteiger partial charge in [0.15, 0.2) is 0 Å². The van der Waals surface area contributed by atoms with Gasteiger partial charge < -0.3 is 14.7 Å². The fourth-order valence-electron chi connectivity index (χ4n) is 3.68. The minimum absolute atomic E-state index is 0.0607. The van der Waals surface area contributed by atoms with E-state index in [4.69, 9.17) is 4.52 Å². The number of aromatic nitrogens is 2. The molecule has 0 aliphatic heterocycles. The standard InChI is InChI=1S/C25H22N4O3/c1-15(30)29(2)19-12-10-18(11-13-19)26-24(31)20-14-21(16-8-9-16)27-25-22(20)23(28-32-25)17-6-4-3-5-7-17/h3-7,10-14,16H,8-9H2,1-2H3,(H,26,31). The van der Waals surface area contributed by atoms with E-state index in [2.05, 4.69) is 15.5 Å². The largest absolute Gasteiger partial charge is 0.335 e. The Bertz CT molecular complexity index is 1310. The van der Waals surface area contributed by atoms with Crippen LogP contribution in [0.2, 0.25) is 0 Å². The molecule has 1 aliphatic rings. The van der Waals surface area contributed by atoms with E-state index in [1.165, 1.54) is 6.92 Å². The monoisotopic (exact) mass is 426 g/mol. The molecule has 7 nitrogen and oxygen atoms in total. The van der Waals surface area contributed by atoms with E-state index in [-0.39, 0.29) is 11.8 Å². The highest BCUT2D eigenvalue weighted by molar-refractivity contribution is 6.14. The molecule has 4 aromatic rings. The molecule has 2 amide bonds. The van der Waals surface area contributed by atoms with Gasteiger partial charge in [-0.15, -0.1) is 0 Å². The molecule has 0 bridgehead atoms. The molecule has 0 radical (unpaired) electrons. The van der Waals surface area contributed by atoms with E-state index < -0.39 is 0 Å². The molecule has 2 aromatic carbocycles. The summed E-state index contributed by atoms with van der Waals surface area (Å²) in [6.45, 7) is 1.51. The summed E-state index contributed by atoms with van der Waals surface area (Å²) in [7, 11) is 1.71. The van der Waals surface area contributed by atoms with Crippen molar-refractivity contribution in [1.82, 2.24) is 10.1 Å². The van der Waals surface area contributed by atoms with Crippen LogP contribution in [0, 0.1) is 0 Å². The second-order valence-corrected chi connectivity index (χ2v) is 8.03. The molecule has 7 heteroatoms. The van der Waals surface area contributed by atoms with E-state index >= 15 is 0 Å². The Kier molecular flexibility index (Phi) is 4.93. The van der Waals surface area contributed by atoms with Crippen LogP contribution in [0.4, 0.5) is 11.4 Å². The number of amides is 2. The molecule has 1 aliphatic carbocycles. The number of hydrogen-bond donors (Lipinski definition) is 1. The molecule has 1 N–H and O–H groups in total. The van der Waals surface area contributed by atoms with Gasteiger partial charge in [-0.2, -0.15) is 0 Å². The Morgan fingerprint density at radius 3 is 2.44 bits per heavy atom. The molecular formula is C25H22N4O3. The van der Waals surface area contributed by atoms with Crippen molar-refractivity contribution in [2.75, 3.05) is 17.3 Å². The summed E-state index contributed by atoms with van der Waals surface area (Å²) in [6, 6.07) is 18.6. The van der Waals surface area contributed by atoms with Gasteiger partial charge in [0.05, 0.1) is 10.9 Å². The topological polar surface area (TPSA) is 88.3 Å². The van der Waals surface area contributed by atoms with Crippen LogP contribution in [0.3, 0.4) is 0 Å². The van der Waals surface area contributed by atoms with E-state index in [9.17, 15) is 9.59 Å². The average Bonchev–Trinajstić information content (AvgIpc) is 3.58. The fourth-order valence-corrected chi connectivity index (χ4v) is 3.68. The van der Waals surface area contributed by atoms with Crippen LogP contribution in [0.5, 0.6) is 0 Å². The third-order valence-corrected chi connectivity index (χ3v) is 5.74. The molecule has 0 spiro atoms. The maximum Gasteiger partial charge on any atom is 0.259 e. The number of anilines is 2. The third-order valence-electron chi connectivity index (χ3n) is 5.74. The van der Waals surface area contributed by atoms with E-state index in [1.807, 2.05) is 36.4 Å². The number of carbonyl (C=O) groups is 2. The Balaban J connectivity index is 1.52. The van der Waals surface area contributed by atoms with Gasteiger partial charge in [-0.05, 0) is 43.2 Å². The van der Waals surface area contributed by atoms with E-state index in [0.29, 0.717) is 34.0 Å². The number of carbonyl (C=O) groups excluding carboxylic acids is 2. The number of rotatable bonds is 5. The quantitative estimate of drug-likeness (QED) is 0.485. The summed E-state index contributed by atoms with van der Waals surface area (Å²) < 4.78 is 5.55. The number of hydrogen-bond acceptors (Lipinski definition) is 5. The number of benzene rings is 2. The van der Waals surface area contributed by atoms with Crippen molar-refractivity contribution >= 4 is 34.3 Å². The Hall–Kier alpha value is -4.00. The maximum atomic E-state index is 13.4. The first-order valence-electron chi connectivity index (χ1n) is 10.5. The Morgan fingerprint density at radius 2 is 1.78 bits per heavy atom. The first kappa shape index (κ1) is 19.9. The Labute approximate surface area is 185 Å². The predicted octanol–water partition coefficient (Wildman–Crippen LogP) is 5.00. The summed E-state index contributed by atoms with van der Waals surface area (Å²) in [5, 5.41) is 7.79. The number of nitrogens with zero attached hydrogens (tertiary/aromatic N) is 3. The summed E-state index contributed by atoms with van der Waals surface area (Å²) in [5.41, 5.74) is 4.56. The van der Waals surface area contributed by atoms with Crippen molar-refractivity contribution in [2.45, 2.75) is 25.7 Å². The van der Waals surface area contributed by atoms with Crippen molar-refractivity contribution in [1.29, 1.82) is 0 Å². The number of fused-ring (bicyclic) bond motifs is 1. The van der Waals surface area contributed by atoms with Gasteiger partial charge in [-0.25, -0.2) is 4.98 Å². The van der Waals surface area contributed by atoms with Crippen molar-refractivity contribution < 1.29 is 14.1 Å². The molecule has 0 saturated heterocycles. The lowest BCUT2D eigenvalue weighted by Gasteiger charge is -2.15. The SMILES string of the molecule is CC(=O)N(C)c1ccc(NC(=O)c2cc(C3CC3)nc3onc(-c4ccccc4)c23)cc1. The molecule has 1 saturated carbocycles. The zero-order valence-corrected chi connectivity index (χ0v) is 17.8. The first-order chi connectivity index (χ1) is 15.5. The van der Waals surface area contributed by atoms with Crippen LogP contribution in [0.25, 0.3) is 22.4 Å². The van der Waals surface area contributed by atoms with Crippen LogP contribution in [-0.2, 0) is 4.79 Å². The third kappa shape index (κ3) is 3.73. The van der Waals surface area contributed by atoms with Crippen LogP contribution in [-0.4, -0.2) is 29.0 Å². The minimum atomic E-state index is -0.257. The van der Waals surface area contributed by atoms with Gasteiger partial charge in [0.1, 0.15) is 5.69 Å². The predicted molar refractivity (Wildman–Crippen MR) is 123 cm³/mol. The molecule has 1 fully saturated rings. The van der Waals surface area contributed by atoms with Gasteiger partial charge in [-0.1, -0.05) is 35.5 Å². The minimum Gasteiger partial charge on any atom is -0.335 e. The number of nitrogens with one attached hydrogen (secondary N) is 1. The van der Waals surface area contributed by atoms with Crippen LogP contribution in [0.1, 0.15) is 41.7 Å². The van der Waals surface area contributed by atoms with Crippen molar-refractivity contribution in [2.24, 2.45) is 0 Å². The zero-order chi connectivity index (χ0) is 22.2. The van der Waals surface area contributed by atoms with Crippen LogP contribution >= 0.6 is 0 Å². The van der Waals surface area contributed by atoms with Crippen LogP contribution < -0.4 is 10.2 Å². The first-order valence-corrected chi connectivity index (χ1v) is 10.5. The van der Waals surface area contributed by atoms with Crippen molar-refractivity contribution in [3.63, 3.8) is 0 Å². The smallest absolute Gasteiger partial charge is 0.259 e. The zero-order valence-electron chi connectivity index (χ0n) is 17.8. The van der Waals surface area contributed by atoms with Crippen molar-refractivity contribution in [3.8, 4) is 11.3 Å². The highest BCUT2D eigenvalue weighted by Gasteiger charge is 2.29. The van der Waals surface area contributed by atoms with E-state index in [0.717, 1.165) is 29.8 Å². The summed E-state index contributed by atoms with van der Waals surface area (Å²) in [4.78, 5) is 31.1. The second kappa shape index (κ2) is 7.92. The lowest BCUT2D eigenvalue weighted by Crippen LogP contribution is -2.22. The van der Waals surface area contributed by atoms with Gasteiger partial charge in [0.2, 0.25) is 5.91 Å². The van der Waals surface area contributed by atoms with Gasteiger partial charge in [0, 0.05) is 42.5 Å². The van der Waals surface area contributed by atoms with Crippen molar-refractivity contribution in [3.05, 3.63) is 71.9 Å². The maximum absolute atomic E-state index is 13.4. The lowest BCUT2D eigenvalue weighted by molar-refractivity contribution is -0.116. The molecule has 0 unspecified atom stereocenters. The molecule has 32 heavy (non-hydrogen) atoms. The fraction of sp³-hybridized carbons (Fsp3) is 0.200. The summed E-state index contributed by atoms with van der Waals surface area (Å²) in [6.07, 6.45) is 2.12. The molecular weight excluding hydrogens is 404 g/mol. The molecule has 2 aromatic heterocycles. The number of pyridine rings is 1. The second-order valence-electron chi connectivity index (χ2n) is 8.03. The normalized spacial score (nSPS) is 13.2. The molecule has 5 rings (SSSR count). The average molecular weight is 426 g/mol. The van der Waals surface area contributed by atoms with Gasteiger partial charge in [0.25, 0.3) is 11.6 Å². The summed E-state index contributed by atoms with van der Waals surface area (Å²) in [5.74, 6) is 0.0412. The lowest BCUT2D eigenvalue weighted by atomic mass is 10.0. The molecule has 160 valence electrons. The van der Waals surface area contributed by atoms with Gasteiger partial charge >= 0.3 is 0 Å². The molecule has 0 atom stereocenters. The van der Waals surface area contributed by atoms with E-state index in [1.54, 1.807) is 36.2 Å². The highest BCUT2D eigenvalue weighted by atomic mass is 16.5. The summed E-state index contributed by atoms with van der Waals surface area (Å²) >= 11 is 0. The highest BCUT2D eigenvalue weighted by Crippen LogP contribution is 2.41. The van der Waals surface area contributed by atoms with Crippen LogP contribution in [0.15, 0.2) is 65.2 Å². The Morgan fingerprint density at radius 1 is 1.06 bits per heavy atom.